The molecule has 1 saturated heterocycles. The van der Waals surface area contributed by atoms with Crippen LogP contribution in [0.1, 0.15) is 20.3 Å². The summed E-state index contributed by atoms with van der Waals surface area (Å²) >= 11 is 0. The molecule has 2 aliphatic rings. The highest BCUT2D eigenvalue weighted by molar-refractivity contribution is 5.97. The first kappa shape index (κ1) is 24.7. The Kier molecular flexibility index (Phi) is 8.80. The van der Waals surface area contributed by atoms with Crippen molar-refractivity contribution in [1.29, 1.82) is 0 Å². The van der Waals surface area contributed by atoms with Crippen LogP contribution in [0.15, 0.2) is 23.2 Å². The number of aliphatic hydroxyl groups excluding tert-OH is 5. The molecule has 172 valence electrons. The van der Waals surface area contributed by atoms with Crippen molar-refractivity contribution >= 4 is 5.78 Å². The molecule has 8 atom stereocenters. The molecule has 0 bridgehead atoms. The number of carbonyl (C=O) groups excluding carboxylic acids is 1. The third-order valence-electron chi connectivity index (χ3n) is 5.66. The number of aliphatic hydroxyl groups is 5. The maximum atomic E-state index is 12.5. The van der Waals surface area contributed by atoms with Crippen LogP contribution < -0.4 is 0 Å². The molecule has 1 fully saturated rings. The van der Waals surface area contributed by atoms with Gasteiger partial charge in [-0.3, -0.25) is 4.79 Å². The SMILES string of the molecule is COC1=C(OC)C(O)C(C/C=C(\C)CO[C@H]2O[C@@H](CO)[C@H](O)C(O)C2O)C(C)C1=O. The van der Waals surface area contributed by atoms with Gasteiger partial charge in [-0.25, -0.2) is 0 Å². The molecule has 1 aliphatic carbocycles. The summed E-state index contributed by atoms with van der Waals surface area (Å²) in [5, 5.41) is 49.4. The van der Waals surface area contributed by atoms with Crippen molar-refractivity contribution < 1.29 is 49.3 Å². The zero-order valence-electron chi connectivity index (χ0n) is 17.6. The Morgan fingerprint density at radius 1 is 1.10 bits per heavy atom. The molecular formula is C20H32O10. The van der Waals surface area contributed by atoms with Crippen LogP contribution in [0.25, 0.3) is 0 Å². The molecule has 0 amide bonds. The van der Waals surface area contributed by atoms with Gasteiger partial charge in [-0.1, -0.05) is 18.6 Å². The number of hydrogen-bond acceptors (Lipinski definition) is 10. The molecule has 0 aromatic rings. The monoisotopic (exact) mass is 432 g/mol. The second-order valence-corrected chi connectivity index (χ2v) is 7.66. The Labute approximate surface area is 175 Å². The minimum absolute atomic E-state index is 0.0282. The molecule has 2 rings (SSSR count). The summed E-state index contributed by atoms with van der Waals surface area (Å²) in [6.07, 6.45) is -5.55. The van der Waals surface area contributed by atoms with Gasteiger partial charge in [-0.2, -0.15) is 0 Å². The Balaban J connectivity index is 2.00. The number of rotatable bonds is 8. The standard InChI is InChI=1S/C20H32O10/c1-9(8-29-20-17(26)16(25)15(24)12(7-21)30-20)5-6-11-10(2)13(22)18(27-3)19(28-4)14(11)23/h5,10-12,14-17,20-21,23-26H,6-8H2,1-4H3/b9-5+/t10?,11?,12-,14?,15-,16?,17?,20-/m0/s1. The van der Waals surface area contributed by atoms with E-state index in [1.165, 1.54) is 14.2 Å². The number of Topliss-reactive ketones (excluding diaryl/α,β-unsaturated/α-hetero) is 1. The Hall–Kier alpha value is -1.53. The topological polar surface area (TPSA) is 155 Å². The molecular weight excluding hydrogens is 400 g/mol. The molecule has 5 unspecified atom stereocenters. The van der Waals surface area contributed by atoms with E-state index in [4.69, 9.17) is 18.9 Å². The lowest BCUT2D eigenvalue weighted by molar-refractivity contribution is -0.299. The number of allylic oxidation sites excluding steroid dienone is 2. The minimum Gasteiger partial charge on any atom is -0.494 e. The van der Waals surface area contributed by atoms with Crippen molar-refractivity contribution in [2.45, 2.75) is 57.1 Å². The smallest absolute Gasteiger partial charge is 0.204 e. The molecule has 1 aliphatic heterocycles. The van der Waals surface area contributed by atoms with Gasteiger partial charge < -0.3 is 44.5 Å². The number of ether oxygens (including phenoxy) is 4. The zero-order valence-corrected chi connectivity index (χ0v) is 17.6. The fourth-order valence-electron chi connectivity index (χ4n) is 3.69. The summed E-state index contributed by atoms with van der Waals surface area (Å²) in [5.74, 6) is -1.01. The summed E-state index contributed by atoms with van der Waals surface area (Å²) in [7, 11) is 2.72. The zero-order chi connectivity index (χ0) is 22.6. The van der Waals surface area contributed by atoms with E-state index in [0.717, 1.165) is 5.57 Å². The van der Waals surface area contributed by atoms with Gasteiger partial charge in [-0.15, -0.1) is 0 Å². The predicted octanol–water partition coefficient (Wildman–Crippen LogP) is -1.16. The van der Waals surface area contributed by atoms with Crippen molar-refractivity contribution in [3.05, 3.63) is 23.2 Å². The van der Waals surface area contributed by atoms with Crippen LogP contribution in [0.4, 0.5) is 0 Å². The van der Waals surface area contributed by atoms with Gasteiger partial charge in [0.05, 0.1) is 27.4 Å². The van der Waals surface area contributed by atoms with E-state index in [1.54, 1.807) is 19.9 Å². The van der Waals surface area contributed by atoms with Crippen molar-refractivity contribution in [2.24, 2.45) is 11.8 Å². The summed E-state index contributed by atoms with van der Waals surface area (Å²) in [6.45, 7) is 2.97. The maximum absolute atomic E-state index is 12.5. The second-order valence-electron chi connectivity index (χ2n) is 7.66. The van der Waals surface area contributed by atoms with E-state index in [0.29, 0.717) is 6.42 Å². The molecule has 30 heavy (non-hydrogen) atoms. The van der Waals surface area contributed by atoms with E-state index in [-0.39, 0.29) is 23.9 Å². The molecule has 10 nitrogen and oxygen atoms in total. The molecule has 5 N–H and O–H groups in total. The van der Waals surface area contributed by atoms with Crippen LogP contribution in [-0.4, -0.2) is 95.6 Å². The van der Waals surface area contributed by atoms with Gasteiger partial charge in [0, 0.05) is 11.8 Å². The van der Waals surface area contributed by atoms with E-state index in [9.17, 15) is 30.3 Å². The highest BCUT2D eigenvalue weighted by Crippen LogP contribution is 2.35. The number of carbonyl (C=O) groups is 1. The summed E-state index contributed by atoms with van der Waals surface area (Å²) in [6, 6.07) is 0. The van der Waals surface area contributed by atoms with Gasteiger partial charge in [-0.05, 0) is 13.3 Å². The first-order chi connectivity index (χ1) is 14.2. The molecule has 1 heterocycles. The lowest BCUT2D eigenvalue weighted by Crippen LogP contribution is -2.59. The molecule has 0 aromatic carbocycles. The average molecular weight is 432 g/mol. The van der Waals surface area contributed by atoms with E-state index in [2.05, 4.69) is 0 Å². The van der Waals surface area contributed by atoms with Crippen LogP contribution in [-0.2, 0) is 23.7 Å². The fourth-order valence-corrected chi connectivity index (χ4v) is 3.69. The minimum atomic E-state index is -1.51. The summed E-state index contributed by atoms with van der Waals surface area (Å²) in [5.41, 5.74) is 0.735. The van der Waals surface area contributed by atoms with Crippen molar-refractivity contribution in [3.63, 3.8) is 0 Å². The number of methoxy groups -OCH3 is 2. The lowest BCUT2D eigenvalue weighted by Gasteiger charge is -2.39. The maximum Gasteiger partial charge on any atom is 0.204 e. The summed E-state index contributed by atoms with van der Waals surface area (Å²) in [4.78, 5) is 12.5. The van der Waals surface area contributed by atoms with Gasteiger partial charge in [0.25, 0.3) is 0 Å². The van der Waals surface area contributed by atoms with Crippen molar-refractivity contribution in [1.82, 2.24) is 0 Å². The molecule has 0 aromatic heterocycles. The highest BCUT2D eigenvalue weighted by Gasteiger charge is 2.44. The van der Waals surface area contributed by atoms with Crippen LogP contribution in [0.2, 0.25) is 0 Å². The van der Waals surface area contributed by atoms with Gasteiger partial charge in [0.15, 0.2) is 12.0 Å². The first-order valence-electron chi connectivity index (χ1n) is 9.80. The lowest BCUT2D eigenvalue weighted by atomic mass is 9.77. The molecule has 10 heteroatoms. The van der Waals surface area contributed by atoms with Crippen LogP contribution in [0.3, 0.4) is 0 Å². The van der Waals surface area contributed by atoms with Crippen molar-refractivity contribution in [2.75, 3.05) is 27.4 Å². The van der Waals surface area contributed by atoms with E-state index < -0.39 is 55.3 Å². The fraction of sp³-hybridized carbons (Fsp3) is 0.750. The van der Waals surface area contributed by atoms with Gasteiger partial charge in [0.1, 0.15) is 30.5 Å². The Bertz CT molecular complexity index is 658. The van der Waals surface area contributed by atoms with Gasteiger partial charge >= 0.3 is 0 Å². The molecule has 0 radical (unpaired) electrons. The average Bonchev–Trinajstić information content (AvgIpc) is 2.73. The second kappa shape index (κ2) is 10.7. The highest BCUT2D eigenvalue weighted by atomic mass is 16.7. The quantitative estimate of drug-likeness (QED) is 0.297. The van der Waals surface area contributed by atoms with Gasteiger partial charge in [0.2, 0.25) is 11.5 Å². The number of hydrogen-bond donors (Lipinski definition) is 5. The summed E-state index contributed by atoms with van der Waals surface area (Å²) < 4.78 is 21.0. The largest absolute Gasteiger partial charge is 0.494 e. The third-order valence-corrected chi connectivity index (χ3v) is 5.66. The van der Waals surface area contributed by atoms with E-state index in [1.807, 2.05) is 0 Å². The van der Waals surface area contributed by atoms with Crippen LogP contribution in [0.5, 0.6) is 0 Å². The van der Waals surface area contributed by atoms with E-state index >= 15 is 0 Å². The molecule has 0 saturated carbocycles. The Morgan fingerprint density at radius 3 is 2.33 bits per heavy atom. The van der Waals surface area contributed by atoms with Crippen LogP contribution in [0, 0.1) is 11.8 Å². The Morgan fingerprint density at radius 2 is 1.77 bits per heavy atom. The third kappa shape index (κ3) is 5.02. The predicted molar refractivity (Wildman–Crippen MR) is 103 cm³/mol. The van der Waals surface area contributed by atoms with Crippen molar-refractivity contribution in [3.8, 4) is 0 Å². The van der Waals surface area contributed by atoms with Crippen LogP contribution >= 0.6 is 0 Å². The first-order valence-corrected chi connectivity index (χ1v) is 9.80. The molecule has 0 spiro atoms. The number of ketones is 1. The normalized spacial score (nSPS) is 38.0.